The van der Waals surface area contributed by atoms with Crippen LogP contribution in [0.2, 0.25) is 0 Å². The molecule has 138 valence electrons. The average molecular weight is 376 g/mol. The SMILES string of the molecule is C#CCNS(=O)(=O)c1cccc(C(=O)N(CCOC)Cc2ccco2)c1. The highest BCUT2D eigenvalue weighted by Crippen LogP contribution is 2.15. The van der Waals surface area contributed by atoms with E-state index in [1.807, 2.05) is 0 Å². The fourth-order valence-electron chi connectivity index (χ4n) is 2.24. The fraction of sp³-hybridized carbons (Fsp3) is 0.278. The zero-order chi connectivity index (χ0) is 19.0. The molecule has 0 aliphatic rings. The summed E-state index contributed by atoms with van der Waals surface area (Å²) < 4.78 is 37.0. The van der Waals surface area contributed by atoms with Crippen molar-refractivity contribution in [3.05, 3.63) is 54.0 Å². The number of benzene rings is 1. The highest BCUT2D eigenvalue weighted by molar-refractivity contribution is 7.89. The number of furan rings is 1. The first kappa shape index (κ1) is 19.7. The van der Waals surface area contributed by atoms with Gasteiger partial charge in [0, 0.05) is 19.2 Å². The Morgan fingerprint density at radius 2 is 2.15 bits per heavy atom. The molecule has 0 radical (unpaired) electrons. The summed E-state index contributed by atoms with van der Waals surface area (Å²) in [4.78, 5) is 14.4. The van der Waals surface area contributed by atoms with Crippen LogP contribution in [0.5, 0.6) is 0 Å². The molecule has 1 amide bonds. The van der Waals surface area contributed by atoms with Crippen molar-refractivity contribution in [1.29, 1.82) is 0 Å². The largest absolute Gasteiger partial charge is 0.467 e. The van der Waals surface area contributed by atoms with E-state index in [1.54, 1.807) is 25.3 Å². The highest BCUT2D eigenvalue weighted by atomic mass is 32.2. The van der Waals surface area contributed by atoms with Crippen LogP contribution in [0.15, 0.2) is 52.0 Å². The van der Waals surface area contributed by atoms with Crippen molar-refractivity contribution < 1.29 is 22.4 Å². The lowest BCUT2D eigenvalue weighted by atomic mass is 10.2. The quantitative estimate of drug-likeness (QED) is 0.670. The zero-order valence-corrected chi connectivity index (χ0v) is 15.2. The van der Waals surface area contributed by atoms with Gasteiger partial charge < -0.3 is 14.1 Å². The summed E-state index contributed by atoms with van der Waals surface area (Å²) in [6, 6.07) is 9.30. The number of methoxy groups -OCH3 is 1. The molecule has 26 heavy (non-hydrogen) atoms. The van der Waals surface area contributed by atoms with E-state index in [2.05, 4.69) is 10.6 Å². The van der Waals surface area contributed by atoms with Gasteiger partial charge in [0.1, 0.15) is 5.76 Å². The standard InChI is InChI=1S/C18H20N2O5S/c1-3-9-19-26(22,23)17-8-4-6-15(13-17)18(21)20(10-12-24-2)14-16-7-5-11-25-16/h1,4-8,11,13,19H,9-10,12,14H2,2H3. The third kappa shape index (κ3) is 5.20. The Hall–Kier alpha value is -2.60. The summed E-state index contributed by atoms with van der Waals surface area (Å²) >= 11 is 0. The second kappa shape index (κ2) is 9.20. The summed E-state index contributed by atoms with van der Waals surface area (Å²) in [5, 5.41) is 0. The van der Waals surface area contributed by atoms with Crippen LogP contribution >= 0.6 is 0 Å². The van der Waals surface area contributed by atoms with Crippen molar-refractivity contribution in [3.8, 4) is 12.3 Å². The Labute approximate surface area is 153 Å². The first-order valence-corrected chi connectivity index (χ1v) is 9.30. The van der Waals surface area contributed by atoms with Gasteiger partial charge in [-0.15, -0.1) is 6.42 Å². The maximum Gasteiger partial charge on any atom is 0.254 e. The van der Waals surface area contributed by atoms with E-state index < -0.39 is 10.0 Å². The van der Waals surface area contributed by atoms with E-state index in [-0.39, 0.29) is 29.5 Å². The van der Waals surface area contributed by atoms with Crippen molar-refractivity contribution in [3.63, 3.8) is 0 Å². The lowest BCUT2D eigenvalue weighted by Gasteiger charge is -2.21. The fourth-order valence-corrected chi connectivity index (χ4v) is 3.22. The third-order valence-corrected chi connectivity index (χ3v) is 4.93. The number of rotatable bonds is 9. The molecule has 0 saturated heterocycles. The lowest BCUT2D eigenvalue weighted by molar-refractivity contribution is 0.0666. The minimum Gasteiger partial charge on any atom is -0.467 e. The molecule has 1 aromatic carbocycles. The number of carbonyl (C=O) groups excluding carboxylic acids is 1. The Bertz CT molecular complexity index is 869. The molecule has 1 heterocycles. The smallest absolute Gasteiger partial charge is 0.254 e. The van der Waals surface area contributed by atoms with Crippen LogP contribution in [0.4, 0.5) is 0 Å². The molecule has 7 nitrogen and oxygen atoms in total. The molecular formula is C18H20N2O5S. The van der Waals surface area contributed by atoms with Crippen LogP contribution in [0.3, 0.4) is 0 Å². The summed E-state index contributed by atoms with van der Waals surface area (Å²) in [5.41, 5.74) is 0.247. The second-order valence-corrected chi connectivity index (χ2v) is 7.12. The first-order chi connectivity index (χ1) is 12.5. The van der Waals surface area contributed by atoms with Gasteiger partial charge in [0.2, 0.25) is 10.0 Å². The van der Waals surface area contributed by atoms with Crippen LogP contribution in [0, 0.1) is 12.3 Å². The molecule has 2 rings (SSSR count). The molecule has 1 N–H and O–H groups in total. The van der Waals surface area contributed by atoms with Crippen LogP contribution < -0.4 is 4.72 Å². The number of sulfonamides is 1. The molecule has 2 aromatic rings. The predicted molar refractivity (Wildman–Crippen MR) is 95.8 cm³/mol. The van der Waals surface area contributed by atoms with Gasteiger partial charge in [-0.05, 0) is 30.3 Å². The van der Waals surface area contributed by atoms with Gasteiger partial charge in [-0.1, -0.05) is 12.0 Å². The molecule has 0 aliphatic heterocycles. The van der Waals surface area contributed by atoms with Crippen LogP contribution in [0.1, 0.15) is 16.1 Å². The number of amides is 1. The van der Waals surface area contributed by atoms with Crippen LogP contribution in [-0.4, -0.2) is 46.0 Å². The number of terminal acetylenes is 1. The minimum atomic E-state index is -3.78. The molecular weight excluding hydrogens is 356 g/mol. The van der Waals surface area contributed by atoms with Gasteiger partial charge in [0.25, 0.3) is 5.91 Å². The third-order valence-electron chi connectivity index (χ3n) is 3.53. The molecule has 0 fully saturated rings. The summed E-state index contributed by atoms with van der Waals surface area (Å²) in [6.07, 6.45) is 6.61. The normalized spacial score (nSPS) is 11.1. The molecule has 0 bridgehead atoms. The molecule has 1 aromatic heterocycles. The van der Waals surface area contributed by atoms with E-state index in [9.17, 15) is 13.2 Å². The van der Waals surface area contributed by atoms with E-state index in [1.165, 1.54) is 29.4 Å². The van der Waals surface area contributed by atoms with Crippen molar-refractivity contribution in [2.75, 3.05) is 26.8 Å². The molecule has 0 unspecified atom stereocenters. The lowest BCUT2D eigenvalue weighted by Crippen LogP contribution is -2.33. The van der Waals surface area contributed by atoms with Gasteiger partial charge in [-0.2, -0.15) is 4.72 Å². The number of hydrogen-bond donors (Lipinski definition) is 1. The number of nitrogens with zero attached hydrogens (tertiary/aromatic N) is 1. The van der Waals surface area contributed by atoms with Crippen LogP contribution in [-0.2, 0) is 21.3 Å². The first-order valence-electron chi connectivity index (χ1n) is 7.81. The molecule has 0 saturated carbocycles. The average Bonchev–Trinajstić information content (AvgIpc) is 3.16. The number of carbonyl (C=O) groups is 1. The minimum absolute atomic E-state index is 0.0247. The monoisotopic (exact) mass is 376 g/mol. The van der Waals surface area contributed by atoms with E-state index in [0.717, 1.165) is 0 Å². The zero-order valence-electron chi connectivity index (χ0n) is 14.3. The number of nitrogens with one attached hydrogen (secondary N) is 1. The maximum absolute atomic E-state index is 12.9. The van der Waals surface area contributed by atoms with Crippen LogP contribution in [0.25, 0.3) is 0 Å². The van der Waals surface area contributed by atoms with Gasteiger partial charge >= 0.3 is 0 Å². The Morgan fingerprint density at radius 1 is 1.35 bits per heavy atom. The highest BCUT2D eigenvalue weighted by Gasteiger charge is 2.20. The van der Waals surface area contributed by atoms with E-state index in [4.69, 9.17) is 15.6 Å². The molecule has 0 aliphatic carbocycles. The Kier molecular flexibility index (Phi) is 6.97. The van der Waals surface area contributed by atoms with Crippen molar-refractivity contribution in [2.45, 2.75) is 11.4 Å². The van der Waals surface area contributed by atoms with E-state index >= 15 is 0 Å². The summed E-state index contributed by atoms with van der Waals surface area (Å²) in [6.45, 7) is 0.803. The van der Waals surface area contributed by atoms with Gasteiger partial charge in [0.05, 0.1) is 30.9 Å². The van der Waals surface area contributed by atoms with Crippen molar-refractivity contribution in [1.82, 2.24) is 9.62 Å². The van der Waals surface area contributed by atoms with Crippen molar-refractivity contribution in [2.24, 2.45) is 0 Å². The van der Waals surface area contributed by atoms with E-state index in [0.29, 0.717) is 18.9 Å². The number of hydrogen-bond acceptors (Lipinski definition) is 5. The molecule has 8 heteroatoms. The summed E-state index contributed by atoms with van der Waals surface area (Å²) in [5.74, 6) is 2.50. The van der Waals surface area contributed by atoms with Gasteiger partial charge in [-0.25, -0.2) is 8.42 Å². The van der Waals surface area contributed by atoms with Crippen molar-refractivity contribution >= 4 is 15.9 Å². The Morgan fingerprint density at radius 3 is 2.81 bits per heavy atom. The van der Waals surface area contributed by atoms with Gasteiger partial charge in [0.15, 0.2) is 0 Å². The number of ether oxygens (including phenoxy) is 1. The Balaban J connectivity index is 2.25. The molecule has 0 spiro atoms. The predicted octanol–water partition coefficient (Wildman–Crippen LogP) is 1.48. The van der Waals surface area contributed by atoms with Gasteiger partial charge in [-0.3, -0.25) is 4.79 Å². The summed E-state index contributed by atoms with van der Waals surface area (Å²) in [7, 11) is -2.24. The second-order valence-electron chi connectivity index (χ2n) is 5.36. The maximum atomic E-state index is 12.9. The molecule has 0 atom stereocenters. The topological polar surface area (TPSA) is 88.9 Å².